The molecule has 2 aromatic rings. The van der Waals surface area contributed by atoms with Gasteiger partial charge in [0.25, 0.3) is 0 Å². The van der Waals surface area contributed by atoms with Crippen molar-refractivity contribution in [2.24, 2.45) is 0 Å². The van der Waals surface area contributed by atoms with E-state index in [0.29, 0.717) is 13.1 Å². The minimum atomic E-state index is -0.205. The summed E-state index contributed by atoms with van der Waals surface area (Å²) < 4.78 is 7.26. The van der Waals surface area contributed by atoms with Crippen molar-refractivity contribution in [1.82, 2.24) is 25.6 Å². The summed E-state index contributed by atoms with van der Waals surface area (Å²) in [5.74, 6) is 0.836. The summed E-state index contributed by atoms with van der Waals surface area (Å²) >= 11 is 0. The van der Waals surface area contributed by atoms with Crippen molar-refractivity contribution in [2.75, 3.05) is 0 Å². The standard InChI is InChI=1S/C17H27N5O2/c1-6-15-14(16(7-2)24-21-15)10-19-17(23)18-9-13-11(4)20-22(8-3)12(13)5/h6-10H2,1-5H3,(H2,18,19,23). The molecule has 0 atom stereocenters. The number of aromatic nitrogens is 3. The maximum atomic E-state index is 12.1. The Bertz CT molecular complexity index is 681. The number of carbonyl (C=O) groups excluding carboxylic acids is 1. The first-order valence-electron chi connectivity index (χ1n) is 8.52. The van der Waals surface area contributed by atoms with Gasteiger partial charge in [0.05, 0.1) is 11.4 Å². The first-order valence-corrected chi connectivity index (χ1v) is 8.52. The fraction of sp³-hybridized carbons (Fsp3) is 0.588. The molecule has 0 aliphatic rings. The molecule has 0 aliphatic carbocycles. The Kier molecular flexibility index (Phi) is 6.00. The van der Waals surface area contributed by atoms with Gasteiger partial charge in [-0.05, 0) is 27.2 Å². The normalized spacial score (nSPS) is 10.9. The number of rotatable bonds is 7. The third-order valence-corrected chi connectivity index (χ3v) is 4.29. The van der Waals surface area contributed by atoms with Crippen molar-refractivity contribution in [3.8, 4) is 0 Å². The molecule has 2 heterocycles. The van der Waals surface area contributed by atoms with Crippen molar-refractivity contribution in [3.05, 3.63) is 34.0 Å². The van der Waals surface area contributed by atoms with Gasteiger partial charge in [-0.1, -0.05) is 19.0 Å². The van der Waals surface area contributed by atoms with E-state index < -0.39 is 0 Å². The summed E-state index contributed by atoms with van der Waals surface area (Å²) in [6.07, 6.45) is 1.55. The second-order valence-electron chi connectivity index (χ2n) is 5.74. The molecule has 0 spiro atoms. The van der Waals surface area contributed by atoms with Crippen molar-refractivity contribution in [2.45, 2.75) is 67.1 Å². The molecule has 0 fully saturated rings. The number of hydrogen-bond acceptors (Lipinski definition) is 4. The Morgan fingerprint density at radius 2 is 1.75 bits per heavy atom. The maximum absolute atomic E-state index is 12.1. The molecule has 2 N–H and O–H groups in total. The molecular weight excluding hydrogens is 306 g/mol. The third kappa shape index (κ3) is 3.77. The highest BCUT2D eigenvalue weighted by atomic mass is 16.5. The van der Waals surface area contributed by atoms with Gasteiger partial charge in [-0.15, -0.1) is 0 Å². The van der Waals surface area contributed by atoms with Crippen LogP contribution in [0.25, 0.3) is 0 Å². The van der Waals surface area contributed by atoms with E-state index in [1.54, 1.807) is 0 Å². The lowest BCUT2D eigenvalue weighted by atomic mass is 10.1. The largest absolute Gasteiger partial charge is 0.361 e. The lowest BCUT2D eigenvalue weighted by Crippen LogP contribution is -2.35. The van der Waals surface area contributed by atoms with Gasteiger partial charge in [-0.2, -0.15) is 5.10 Å². The fourth-order valence-corrected chi connectivity index (χ4v) is 2.84. The number of nitrogens with one attached hydrogen (secondary N) is 2. The minimum Gasteiger partial charge on any atom is -0.361 e. The molecule has 0 bridgehead atoms. The Morgan fingerprint density at radius 3 is 2.29 bits per heavy atom. The van der Waals surface area contributed by atoms with Crippen LogP contribution in [-0.4, -0.2) is 21.0 Å². The summed E-state index contributed by atoms with van der Waals surface area (Å²) in [5.41, 5.74) is 5.01. The van der Waals surface area contributed by atoms with Crippen LogP contribution < -0.4 is 10.6 Å². The quantitative estimate of drug-likeness (QED) is 0.816. The van der Waals surface area contributed by atoms with Crippen LogP contribution in [0.4, 0.5) is 4.79 Å². The predicted molar refractivity (Wildman–Crippen MR) is 91.7 cm³/mol. The van der Waals surface area contributed by atoms with Gasteiger partial charge in [0.2, 0.25) is 0 Å². The van der Waals surface area contributed by atoms with Crippen LogP contribution in [0.3, 0.4) is 0 Å². The highest BCUT2D eigenvalue weighted by molar-refractivity contribution is 5.73. The molecule has 0 aromatic carbocycles. The molecular formula is C17H27N5O2. The van der Waals surface area contributed by atoms with E-state index in [0.717, 1.165) is 53.4 Å². The highest BCUT2D eigenvalue weighted by Crippen LogP contribution is 2.15. The zero-order valence-corrected chi connectivity index (χ0v) is 15.2. The second kappa shape index (κ2) is 7.99. The predicted octanol–water partition coefficient (Wildman–Crippen LogP) is 2.63. The summed E-state index contributed by atoms with van der Waals surface area (Å²) in [6, 6.07) is -0.205. The van der Waals surface area contributed by atoms with Gasteiger partial charge in [0.15, 0.2) is 0 Å². The Hall–Kier alpha value is -2.31. The van der Waals surface area contributed by atoms with E-state index >= 15 is 0 Å². The number of nitrogens with zero attached hydrogens (tertiary/aromatic N) is 3. The molecule has 0 saturated carbocycles. The van der Waals surface area contributed by atoms with E-state index in [2.05, 4.69) is 27.8 Å². The van der Waals surface area contributed by atoms with Crippen molar-refractivity contribution >= 4 is 6.03 Å². The summed E-state index contributed by atoms with van der Waals surface area (Å²) in [7, 11) is 0. The zero-order chi connectivity index (χ0) is 17.7. The Morgan fingerprint density at radius 1 is 1.08 bits per heavy atom. The van der Waals surface area contributed by atoms with Crippen LogP contribution in [0, 0.1) is 13.8 Å². The number of aryl methyl sites for hydroxylation is 4. The molecule has 7 heteroatoms. The van der Waals surface area contributed by atoms with Gasteiger partial charge in [-0.25, -0.2) is 4.79 Å². The van der Waals surface area contributed by atoms with Gasteiger partial charge < -0.3 is 15.2 Å². The molecule has 2 amide bonds. The number of amides is 2. The van der Waals surface area contributed by atoms with E-state index in [-0.39, 0.29) is 6.03 Å². The Balaban J connectivity index is 1.93. The first kappa shape index (κ1) is 18.0. The van der Waals surface area contributed by atoms with Crippen molar-refractivity contribution < 1.29 is 9.32 Å². The van der Waals surface area contributed by atoms with E-state index in [1.165, 1.54) is 0 Å². The smallest absolute Gasteiger partial charge is 0.315 e. The molecule has 0 aliphatic heterocycles. The summed E-state index contributed by atoms with van der Waals surface area (Å²) in [6.45, 7) is 11.8. The number of urea groups is 1. The number of carbonyl (C=O) groups is 1. The van der Waals surface area contributed by atoms with Crippen molar-refractivity contribution in [1.29, 1.82) is 0 Å². The van der Waals surface area contributed by atoms with Gasteiger partial charge in [-0.3, -0.25) is 4.68 Å². The molecule has 24 heavy (non-hydrogen) atoms. The fourth-order valence-electron chi connectivity index (χ4n) is 2.84. The molecule has 132 valence electrons. The monoisotopic (exact) mass is 333 g/mol. The van der Waals surface area contributed by atoms with Gasteiger partial charge in [0, 0.05) is 42.9 Å². The van der Waals surface area contributed by atoms with E-state index in [4.69, 9.17) is 4.52 Å². The molecule has 2 rings (SSSR count). The van der Waals surface area contributed by atoms with Crippen LogP contribution in [0.5, 0.6) is 0 Å². The first-order chi connectivity index (χ1) is 11.5. The summed E-state index contributed by atoms with van der Waals surface area (Å²) in [4.78, 5) is 12.1. The van der Waals surface area contributed by atoms with E-state index in [1.807, 2.05) is 32.4 Å². The average Bonchev–Trinajstić information content (AvgIpc) is 3.11. The van der Waals surface area contributed by atoms with Crippen LogP contribution in [0.2, 0.25) is 0 Å². The zero-order valence-electron chi connectivity index (χ0n) is 15.2. The highest BCUT2D eigenvalue weighted by Gasteiger charge is 2.15. The third-order valence-electron chi connectivity index (χ3n) is 4.29. The van der Waals surface area contributed by atoms with Crippen LogP contribution in [-0.2, 0) is 32.5 Å². The minimum absolute atomic E-state index is 0.205. The average molecular weight is 333 g/mol. The van der Waals surface area contributed by atoms with Crippen LogP contribution >= 0.6 is 0 Å². The Labute approximate surface area is 142 Å². The second-order valence-corrected chi connectivity index (χ2v) is 5.74. The molecule has 0 radical (unpaired) electrons. The molecule has 7 nitrogen and oxygen atoms in total. The van der Waals surface area contributed by atoms with Gasteiger partial charge >= 0.3 is 6.03 Å². The molecule has 2 aromatic heterocycles. The van der Waals surface area contributed by atoms with Crippen molar-refractivity contribution in [3.63, 3.8) is 0 Å². The van der Waals surface area contributed by atoms with Crippen LogP contribution in [0.1, 0.15) is 54.7 Å². The van der Waals surface area contributed by atoms with Crippen LogP contribution in [0.15, 0.2) is 4.52 Å². The lowest BCUT2D eigenvalue weighted by Gasteiger charge is -2.09. The molecule has 0 saturated heterocycles. The molecule has 0 unspecified atom stereocenters. The number of hydrogen-bond donors (Lipinski definition) is 2. The van der Waals surface area contributed by atoms with E-state index in [9.17, 15) is 4.79 Å². The lowest BCUT2D eigenvalue weighted by molar-refractivity contribution is 0.240. The maximum Gasteiger partial charge on any atom is 0.315 e. The summed E-state index contributed by atoms with van der Waals surface area (Å²) in [5, 5.41) is 14.3. The topological polar surface area (TPSA) is 85.0 Å². The SMILES string of the molecule is CCc1noc(CC)c1CNC(=O)NCc1c(C)nn(CC)c1C. The van der Waals surface area contributed by atoms with Gasteiger partial charge in [0.1, 0.15) is 5.76 Å².